The van der Waals surface area contributed by atoms with Crippen molar-refractivity contribution in [1.29, 1.82) is 0 Å². The molecule has 136 valence electrons. The predicted octanol–water partition coefficient (Wildman–Crippen LogP) is 3.87. The molecule has 0 radical (unpaired) electrons. The quantitative estimate of drug-likeness (QED) is 0.588. The Labute approximate surface area is 157 Å². The van der Waals surface area contributed by atoms with Crippen LogP contribution in [0.4, 0.5) is 5.69 Å². The molecule has 0 saturated heterocycles. The zero-order valence-electron chi connectivity index (χ0n) is 15.4. The number of carbonyl (C=O) groups excluding carboxylic acids is 1. The molecule has 0 aliphatic carbocycles. The number of imidazole rings is 1. The lowest BCUT2D eigenvalue weighted by Gasteiger charge is -2.08. The maximum absolute atomic E-state index is 12.5. The van der Waals surface area contributed by atoms with Gasteiger partial charge in [0.1, 0.15) is 0 Å². The second-order valence-electron chi connectivity index (χ2n) is 6.52. The van der Waals surface area contributed by atoms with Crippen LogP contribution < -0.4 is 5.32 Å². The number of rotatable bonds is 5. The molecule has 0 aliphatic heterocycles. The lowest BCUT2D eigenvalue weighted by molar-refractivity contribution is -0.116. The van der Waals surface area contributed by atoms with Gasteiger partial charge in [0.05, 0.1) is 40.1 Å². The molecular formula is C21H21N5O. The topological polar surface area (TPSA) is 64.7 Å². The number of hydrogen-bond donors (Lipinski definition) is 1. The summed E-state index contributed by atoms with van der Waals surface area (Å²) in [5.74, 6) is -0.0356. The molecule has 0 atom stereocenters. The zero-order chi connectivity index (χ0) is 18.8. The van der Waals surface area contributed by atoms with Crippen LogP contribution in [0.3, 0.4) is 0 Å². The van der Waals surface area contributed by atoms with Crippen molar-refractivity contribution >= 4 is 22.6 Å². The standard InChI is InChI=1S/C21H21N5O/c1-15-21(16(2)26(24-15)17-8-4-3-5-9-17)23-20(27)12-13-25-14-22-18-10-6-7-11-19(18)25/h3-11,14H,12-13H2,1-2H3,(H,23,27). The van der Waals surface area contributed by atoms with Gasteiger partial charge in [-0.3, -0.25) is 4.79 Å². The average Bonchev–Trinajstić information content (AvgIpc) is 3.23. The number of hydrogen-bond acceptors (Lipinski definition) is 3. The van der Waals surface area contributed by atoms with Crippen molar-refractivity contribution in [3.05, 3.63) is 72.3 Å². The fraction of sp³-hybridized carbons (Fsp3) is 0.190. The minimum atomic E-state index is -0.0356. The summed E-state index contributed by atoms with van der Waals surface area (Å²) in [6.07, 6.45) is 2.15. The highest BCUT2D eigenvalue weighted by Crippen LogP contribution is 2.23. The summed E-state index contributed by atoms with van der Waals surface area (Å²) in [6, 6.07) is 17.8. The van der Waals surface area contributed by atoms with Crippen molar-refractivity contribution in [2.45, 2.75) is 26.8 Å². The molecule has 0 aliphatic rings. The highest BCUT2D eigenvalue weighted by Gasteiger charge is 2.15. The number of aryl methyl sites for hydroxylation is 2. The molecule has 0 fully saturated rings. The number of fused-ring (bicyclic) bond motifs is 1. The molecule has 0 saturated carbocycles. The number of aromatic nitrogens is 4. The molecule has 6 heteroatoms. The summed E-state index contributed by atoms with van der Waals surface area (Å²) in [5.41, 5.74) is 5.45. The van der Waals surface area contributed by atoms with Crippen LogP contribution in [0.2, 0.25) is 0 Å². The number of benzene rings is 2. The normalized spacial score (nSPS) is 11.0. The first-order valence-electron chi connectivity index (χ1n) is 8.95. The summed E-state index contributed by atoms with van der Waals surface area (Å²) < 4.78 is 3.86. The van der Waals surface area contributed by atoms with Gasteiger partial charge in [0.25, 0.3) is 0 Å². The third-order valence-corrected chi connectivity index (χ3v) is 4.66. The number of anilines is 1. The zero-order valence-corrected chi connectivity index (χ0v) is 15.4. The van der Waals surface area contributed by atoms with Gasteiger partial charge in [-0.05, 0) is 38.1 Å². The summed E-state index contributed by atoms with van der Waals surface area (Å²) in [4.78, 5) is 16.9. The van der Waals surface area contributed by atoms with Gasteiger partial charge in [-0.2, -0.15) is 5.10 Å². The number of para-hydroxylation sites is 3. The highest BCUT2D eigenvalue weighted by molar-refractivity contribution is 5.92. The van der Waals surface area contributed by atoms with E-state index in [9.17, 15) is 4.79 Å². The van der Waals surface area contributed by atoms with E-state index in [4.69, 9.17) is 0 Å². The Morgan fingerprint density at radius 3 is 2.59 bits per heavy atom. The molecule has 4 rings (SSSR count). The number of carbonyl (C=O) groups is 1. The van der Waals surface area contributed by atoms with Crippen LogP contribution in [0.15, 0.2) is 60.9 Å². The van der Waals surface area contributed by atoms with E-state index in [1.54, 1.807) is 6.33 Å². The van der Waals surface area contributed by atoms with Crippen LogP contribution >= 0.6 is 0 Å². The summed E-state index contributed by atoms with van der Waals surface area (Å²) in [5, 5.41) is 7.59. The van der Waals surface area contributed by atoms with Crippen LogP contribution in [0, 0.1) is 13.8 Å². The van der Waals surface area contributed by atoms with Gasteiger partial charge < -0.3 is 9.88 Å². The Kier molecular flexibility index (Phi) is 4.46. The Balaban J connectivity index is 1.48. The minimum Gasteiger partial charge on any atom is -0.330 e. The molecule has 4 aromatic rings. The largest absolute Gasteiger partial charge is 0.330 e. The average molecular weight is 359 g/mol. The Hall–Kier alpha value is -3.41. The number of nitrogens with zero attached hydrogens (tertiary/aromatic N) is 4. The number of amides is 1. The second kappa shape index (κ2) is 7.07. The van der Waals surface area contributed by atoms with Gasteiger partial charge in [-0.25, -0.2) is 9.67 Å². The van der Waals surface area contributed by atoms with E-state index < -0.39 is 0 Å². The first kappa shape index (κ1) is 17.0. The van der Waals surface area contributed by atoms with Crippen LogP contribution in [-0.2, 0) is 11.3 Å². The van der Waals surface area contributed by atoms with E-state index in [0.29, 0.717) is 13.0 Å². The van der Waals surface area contributed by atoms with E-state index in [0.717, 1.165) is 33.8 Å². The molecule has 0 spiro atoms. The molecule has 1 amide bonds. The van der Waals surface area contributed by atoms with E-state index in [1.807, 2.05) is 77.7 Å². The fourth-order valence-corrected chi connectivity index (χ4v) is 3.26. The molecule has 0 unspecified atom stereocenters. The molecule has 27 heavy (non-hydrogen) atoms. The van der Waals surface area contributed by atoms with Gasteiger partial charge in [-0.1, -0.05) is 30.3 Å². The van der Waals surface area contributed by atoms with Crippen molar-refractivity contribution in [2.24, 2.45) is 0 Å². The molecule has 0 bridgehead atoms. The van der Waals surface area contributed by atoms with Crippen LogP contribution in [0.5, 0.6) is 0 Å². The minimum absolute atomic E-state index is 0.0356. The Morgan fingerprint density at radius 2 is 1.78 bits per heavy atom. The van der Waals surface area contributed by atoms with Gasteiger partial charge in [-0.15, -0.1) is 0 Å². The number of nitrogens with one attached hydrogen (secondary N) is 1. The molecule has 2 aromatic heterocycles. The van der Waals surface area contributed by atoms with Gasteiger partial charge >= 0.3 is 0 Å². The first-order valence-corrected chi connectivity index (χ1v) is 8.95. The molecule has 1 N–H and O–H groups in total. The highest BCUT2D eigenvalue weighted by atomic mass is 16.1. The summed E-state index contributed by atoms with van der Waals surface area (Å²) in [6.45, 7) is 4.45. The lowest BCUT2D eigenvalue weighted by atomic mass is 10.2. The SMILES string of the molecule is Cc1nn(-c2ccccc2)c(C)c1NC(=O)CCn1cnc2ccccc21. The third kappa shape index (κ3) is 3.33. The third-order valence-electron chi connectivity index (χ3n) is 4.66. The fourth-order valence-electron chi connectivity index (χ4n) is 3.26. The van der Waals surface area contributed by atoms with Crippen LogP contribution in [-0.4, -0.2) is 25.2 Å². The second-order valence-corrected chi connectivity index (χ2v) is 6.52. The van der Waals surface area contributed by atoms with E-state index >= 15 is 0 Å². The Bertz CT molecular complexity index is 1090. The molecular weight excluding hydrogens is 338 g/mol. The van der Waals surface area contributed by atoms with E-state index in [-0.39, 0.29) is 5.91 Å². The van der Waals surface area contributed by atoms with Crippen LogP contribution in [0.25, 0.3) is 16.7 Å². The summed E-state index contributed by atoms with van der Waals surface area (Å²) in [7, 11) is 0. The first-order chi connectivity index (χ1) is 13.1. The van der Waals surface area contributed by atoms with Gasteiger partial charge in [0.15, 0.2) is 0 Å². The Morgan fingerprint density at radius 1 is 1.04 bits per heavy atom. The maximum atomic E-state index is 12.5. The molecule has 2 aromatic carbocycles. The lowest BCUT2D eigenvalue weighted by Crippen LogP contribution is -2.15. The summed E-state index contributed by atoms with van der Waals surface area (Å²) >= 11 is 0. The molecule has 2 heterocycles. The smallest absolute Gasteiger partial charge is 0.226 e. The predicted molar refractivity (Wildman–Crippen MR) is 106 cm³/mol. The van der Waals surface area contributed by atoms with Crippen molar-refractivity contribution < 1.29 is 4.79 Å². The van der Waals surface area contributed by atoms with Crippen molar-refractivity contribution in [3.63, 3.8) is 0 Å². The van der Waals surface area contributed by atoms with Gasteiger partial charge in [0, 0.05) is 13.0 Å². The maximum Gasteiger partial charge on any atom is 0.226 e. The van der Waals surface area contributed by atoms with Crippen molar-refractivity contribution in [2.75, 3.05) is 5.32 Å². The van der Waals surface area contributed by atoms with Crippen LogP contribution in [0.1, 0.15) is 17.8 Å². The van der Waals surface area contributed by atoms with Crippen molar-refractivity contribution in [3.8, 4) is 5.69 Å². The molecule has 6 nitrogen and oxygen atoms in total. The monoisotopic (exact) mass is 359 g/mol. The van der Waals surface area contributed by atoms with Gasteiger partial charge in [0.2, 0.25) is 5.91 Å². The van der Waals surface area contributed by atoms with Crippen molar-refractivity contribution in [1.82, 2.24) is 19.3 Å². The van der Waals surface area contributed by atoms with E-state index in [2.05, 4.69) is 15.4 Å². The van der Waals surface area contributed by atoms with E-state index in [1.165, 1.54) is 0 Å².